The fourth-order valence-electron chi connectivity index (χ4n) is 3.86. The Bertz CT molecular complexity index is 865. The van der Waals surface area contributed by atoms with Gasteiger partial charge in [0.15, 0.2) is 0 Å². The highest BCUT2D eigenvalue weighted by molar-refractivity contribution is 5.90. The fourth-order valence-corrected chi connectivity index (χ4v) is 3.86. The summed E-state index contributed by atoms with van der Waals surface area (Å²) in [6.45, 7) is 9.73. The molecule has 144 valence electrons. The van der Waals surface area contributed by atoms with Crippen molar-refractivity contribution in [3.05, 3.63) is 58.7 Å². The van der Waals surface area contributed by atoms with Crippen molar-refractivity contribution in [1.82, 2.24) is 0 Å². The number of aromatic carboxylic acids is 1. The summed E-state index contributed by atoms with van der Waals surface area (Å²) in [6, 6.07) is 11.0. The van der Waals surface area contributed by atoms with Crippen LogP contribution in [0.15, 0.2) is 36.4 Å². The van der Waals surface area contributed by atoms with Crippen LogP contribution < -0.4 is 4.74 Å². The molecule has 0 atom stereocenters. The molecule has 1 aliphatic carbocycles. The van der Waals surface area contributed by atoms with Crippen molar-refractivity contribution in [2.75, 3.05) is 6.61 Å². The van der Waals surface area contributed by atoms with Gasteiger partial charge in [-0.2, -0.15) is 0 Å². The monoisotopic (exact) mass is 368 g/mol. The molecule has 0 bridgehead atoms. The van der Waals surface area contributed by atoms with Crippen molar-refractivity contribution in [3.8, 4) is 11.5 Å². The largest absolute Gasteiger partial charge is 0.507 e. The first-order chi connectivity index (χ1) is 12.6. The molecule has 0 saturated heterocycles. The first-order valence-corrected chi connectivity index (χ1v) is 9.43. The summed E-state index contributed by atoms with van der Waals surface area (Å²) in [5.74, 6) is -0.965. The highest BCUT2D eigenvalue weighted by atomic mass is 16.5. The van der Waals surface area contributed by atoms with Gasteiger partial charge in [0.2, 0.25) is 0 Å². The number of aromatic hydroxyl groups is 1. The van der Waals surface area contributed by atoms with Gasteiger partial charge in [0.25, 0.3) is 0 Å². The quantitative estimate of drug-likeness (QED) is 0.774. The zero-order valence-corrected chi connectivity index (χ0v) is 16.5. The molecule has 0 unspecified atom stereocenters. The lowest BCUT2D eigenvalue weighted by molar-refractivity contribution is 0.0693. The Labute approximate surface area is 160 Å². The molecule has 0 aliphatic heterocycles. The SMILES string of the molecule is CC1(C)CCC(C)(C)c2cc(CCOc3ccc(C(=O)O)c(O)c3)ccc21. The van der Waals surface area contributed by atoms with Gasteiger partial charge in [-0.1, -0.05) is 45.9 Å². The van der Waals surface area contributed by atoms with Gasteiger partial charge in [0.05, 0.1) is 6.61 Å². The number of carboxylic acids is 1. The number of hydrogen-bond acceptors (Lipinski definition) is 3. The minimum Gasteiger partial charge on any atom is -0.507 e. The fraction of sp³-hybridized carbons (Fsp3) is 0.435. The molecular weight excluding hydrogens is 340 g/mol. The van der Waals surface area contributed by atoms with Crippen LogP contribution in [0.4, 0.5) is 0 Å². The van der Waals surface area contributed by atoms with Crippen LogP contribution in [0.5, 0.6) is 11.5 Å². The number of hydrogen-bond donors (Lipinski definition) is 2. The van der Waals surface area contributed by atoms with Crippen LogP contribution in [0, 0.1) is 0 Å². The second-order valence-corrected chi connectivity index (χ2v) is 8.73. The Morgan fingerprint density at radius 2 is 1.67 bits per heavy atom. The van der Waals surface area contributed by atoms with E-state index in [9.17, 15) is 9.90 Å². The van der Waals surface area contributed by atoms with Gasteiger partial charge in [-0.05, 0) is 52.5 Å². The summed E-state index contributed by atoms with van der Waals surface area (Å²) < 4.78 is 5.71. The molecule has 1 aliphatic rings. The third-order valence-electron chi connectivity index (χ3n) is 5.78. The van der Waals surface area contributed by atoms with Crippen molar-refractivity contribution in [1.29, 1.82) is 0 Å². The maximum atomic E-state index is 10.9. The topological polar surface area (TPSA) is 66.8 Å². The van der Waals surface area contributed by atoms with Crippen molar-refractivity contribution >= 4 is 5.97 Å². The van der Waals surface area contributed by atoms with Gasteiger partial charge < -0.3 is 14.9 Å². The van der Waals surface area contributed by atoms with E-state index < -0.39 is 5.97 Å². The predicted octanol–water partition coefficient (Wildman–Crippen LogP) is 5.06. The van der Waals surface area contributed by atoms with Gasteiger partial charge in [0.1, 0.15) is 17.1 Å². The van der Waals surface area contributed by atoms with Gasteiger partial charge in [0, 0.05) is 12.5 Å². The summed E-state index contributed by atoms with van der Waals surface area (Å²) in [5, 5.41) is 18.7. The Balaban J connectivity index is 1.71. The molecule has 2 N–H and O–H groups in total. The lowest BCUT2D eigenvalue weighted by Crippen LogP contribution is -2.33. The summed E-state index contributed by atoms with van der Waals surface area (Å²) in [4.78, 5) is 10.9. The molecule has 4 heteroatoms. The van der Waals surface area contributed by atoms with Gasteiger partial charge in [-0.3, -0.25) is 0 Å². The number of fused-ring (bicyclic) bond motifs is 1. The van der Waals surface area contributed by atoms with Crippen LogP contribution in [0.25, 0.3) is 0 Å². The van der Waals surface area contributed by atoms with Gasteiger partial charge >= 0.3 is 5.97 Å². The Morgan fingerprint density at radius 3 is 2.30 bits per heavy atom. The van der Waals surface area contributed by atoms with E-state index in [4.69, 9.17) is 9.84 Å². The zero-order chi connectivity index (χ0) is 19.8. The molecule has 2 aromatic rings. The maximum Gasteiger partial charge on any atom is 0.339 e. The molecule has 0 radical (unpaired) electrons. The minimum absolute atomic E-state index is 0.123. The predicted molar refractivity (Wildman–Crippen MR) is 106 cm³/mol. The first kappa shape index (κ1) is 19.3. The van der Waals surface area contributed by atoms with Crippen molar-refractivity contribution < 1.29 is 19.7 Å². The third-order valence-corrected chi connectivity index (χ3v) is 5.78. The van der Waals surface area contributed by atoms with Crippen LogP contribution in [0.3, 0.4) is 0 Å². The van der Waals surface area contributed by atoms with Crippen molar-refractivity contribution in [2.24, 2.45) is 0 Å². The van der Waals surface area contributed by atoms with E-state index in [1.165, 1.54) is 41.7 Å². The number of carboxylic acid groups (broad SMARTS) is 1. The van der Waals surface area contributed by atoms with E-state index in [-0.39, 0.29) is 22.1 Å². The van der Waals surface area contributed by atoms with Crippen LogP contribution >= 0.6 is 0 Å². The summed E-state index contributed by atoms with van der Waals surface area (Å²) in [6.07, 6.45) is 3.14. The summed E-state index contributed by atoms with van der Waals surface area (Å²) in [7, 11) is 0. The zero-order valence-electron chi connectivity index (χ0n) is 16.5. The number of ether oxygens (including phenoxy) is 1. The van der Waals surface area contributed by atoms with Crippen LogP contribution in [0.2, 0.25) is 0 Å². The molecule has 0 saturated carbocycles. The average molecular weight is 368 g/mol. The number of benzene rings is 2. The van der Waals surface area contributed by atoms with E-state index in [2.05, 4.69) is 45.9 Å². The average Bonchev–Trinajstić information content (AvgIpc) is 2.59. The first-order valence-electron chi connectivity index (χ1n) is 9.43. The summed E-state index contributed by atoms with van der Waals surface area (Å²) in [5.41, 5.74) is 4.37. The molecule has 0 spiro atoms. The molecule has 0 fully saturated rings. The number of rotatable bonds is 5. The van der Waals surface area contributed by atoms with Crippen LogP contribution in [0.1, 0.15) is 67.6 Å². The smallest absolute Gasteiger partial charge is 0.339 e. The highest BCUT2D eigenvalue weighted by Crippen LogP contribution is 2.45. The molecule has 3 rings (SSSR count). The van der Waals surface area contributed by atoms with E-state index in [1.54, 1.807) is 6.07 Å². The molecule has 0 heterocycles. The minimum atomic E-state index is -1.15. The Hall–Kier alpha value is -2.49. The van der Waals surface area contributed by atoms with E-state index in [1.807, 2.05) is 0 Å². The van der Waals surface area contributed by atoms with Crippen molar-refractivity contribution in [2.45, 2.75) is 57.8 Å². The van der Waals surface area contributed by atoms with Crippen LogP contribution in [-0.4, -0.2) is 22.8 Å². The molecular formula is C23H28O4. The summed E-state index contributed by atoms with van der Waals surface area (Å²) >= 11 is 0. The second-order valence-electron chi connectivity index (χ2n) is 8.73. The van der Waals surface area contributed by atoms with E-state index in [0.717, 1.165) is 6.42 Å². The van der Waals surface area contributed by atoms with Crippen LogP contribution in [-0.2, 0) is 17.3 Å². The maximum absolute atomic E-state index is 10.9. The van der Waals surface area contributed by atoms with Gasteiger partial charge in [-0.15, -0.1) is 0 Å². The van der Waals surface area contributed by atoms with E-state index >= 15 is 0 Å². The lowest BCUT2D eigenvalue weighted by Gasteiger charge is -2.42. The number of phenols is 1. The normalized spacial score (nSPS) is 17.2. The highest BCUT2D eigenvalue weighted by Gasteiger charge is 2.36. The molecule has 2 aromatic carbocycles. The van der Waals surface area contributed by atoms with E-state index in [0.29, 0.717) is 12.4 Å². The number of carbonyl (C=O) groups is 1. The lowest BCUT2D eigenvalue weighted by atomic mass is 9.63. The standard InChI is InChI=1S/C23H28O4/c1-22(2)10-11-23(3,4)19-13-15(5-8-18(19)22)9-12-27-16-6-7-17(21(25)26)20(24)14-16/h5-8,13-14,24H,9-12H2,1-4H3,(H,25,26). The second kappa shape index (κ2) is 6.91. The molecule has 27 heavy (non-hydrogen) atoms. The van der Waals surface area contributed by atoms with Crippen molar-refractivity contribution in [3.63, 3.8) is 0 Å². The molecule has 4 nitrogen and oxygen atoms in total. The Morgan fingerprint density at radius 1 is 1.00 bits per heavy atom. The Kier molecular flexibility index (Phi) is 4.94. The molecule has 0 amide bonds. The molecule has 0 aromatic heterocycles. The van der Waals surface area contributed by atoms with Gasteiger partial charge in [-0.25, -0.2) is 4.79 Å². The third kappa shape index (κ3) is 3.95.